The van der Waals surface area contributed by atoms with Gasteiger partial charge in [0.15, 0.2) is 5.82 Å². The Morgan fingerprint density at radius 3 is 2.53 bits per heavy atom. The van der Waals surface area contributed by atoms with Crippen LogP contribution in [0.1, 0.15) is 39.9 Å². The van der Waals surface area contributed by atoms with Crippen LogP contribution in [0.2, 0.25) is 0 Å². The maximum Gasteiger partial charge on any atom is 0.409 e. The number of benzene rings is 3. The number of nitrogens with zero attached hydrogens (tertiary/aromatic N) is 3. The second-order valence-corrected chi connectivity index (χ2v) is 11.5. The fourth-order valence-electron chi connectivity index (χ4n) is 4.89. The van der Waals surface area contributed by atoms with Crippen molar-refractivity contribution in [3.05, 3.63) is 116 Å². The number of ether oxygens (including phenoxy) is 3. The van der Waals surface area contributed by atoms with Gasteiger partial charge < -0.3 is 24.4 Å². The lowest BCUT2D eigenvalue weighted by Gasteiger charge is -2.23. The molecule has 3 aromatic carbocycles. The van der Waals surface area contributed by atoms with E-state index in [9.17, 15) is 18.8 Å². The van der Waals surface area contributed by atoms with Gasteiger partial charge in [-0.25, -0.2) is 19.0 Å². The molecule has 1 aliphatic carbocycles. The Morgan fingerprint density at radius 2 is 1.82 bits per heavy atom. The van der Waals surface area contributed by atoms with Crippen molar-refractivity contribution in [3.8, 4) is 11.4 Å². The van der Waals surface area contributed by atoms with E-state index in [1.807, 2.05) is 54.6 Å². The Hall–Kier alpha value is -4.71. The Morgan fingerprint density at radius 1 is 1.11 bits per heavy atom. The van der Waals surface area contributed by atoms with Crippen molar-refractivity contribution in [3.63, 3.8) is 0 Å². The molecule has 12 heteroatoms. The van der Waals surface area contributed by atoms with E-state index in [4.69, 9.17) is 14.2 Å². The quantitative estimate of drug-likeness (QED) is 0.193. The van der Waals surface area contributed by atoms with Crippen molar-refractivity contribution in [2.24, 2.45) is 0 Å². The summed E-state index contributed by atoms with van der Waals surface area (Å²) in [5.74, 6) is -0.728. The van der Waals surface area contributed by atoms with Gasteiger partial charge in [-0.1, -0.05) is 48.5 Å². The molecule has 1 amide bonds. The van der Waals surface area contributed by atoms with E-state index >= 15 is 0 Å². The molecule has 0 saturated heterocycles. The molecule has 10 nitrogen and oxygen atoms in total. The molecular weight excluding hydrogens is 647 g/mol. The van der Waals surface area contributed by atoms with Crippen LogP contribution in [0.15, 0.2) is 82.3 Å². The van der Waals surface area contributed by atoms with Gasteiger partial charge in [-0.2, -0.15) is 0 Å². The number of esters is 1. The second-order valence-electron chi connectivity index (χ2n) is 10.7. The average Bonchev–Trinajstić information content (AvgIpc) is 3.83. The third-order valence-electron chi connectivity index (χ3n) is 7.58. The van der Waals surface area contributed by atoms with Crippen molar-refractivity contribution >= 4 is 33.8 Å². The largest absolute Gasteiger partial charge is 0.491 e. The van der Waals surface area contributed by atoms with Crippen LogP contribution < -0.4 is 15.6 Å². The number of halogens is 2. The molecule has 234 valence electrons. The minimum Gasteiger partial charge on any atom is -0.491 e. The summed E-state index contributed by atoms with van der Waals surface area (Å²) in [6.07, 6.45) is 2.38. The zero-order valence-electron chi connectivity index (χ0n) is 25.0. The molecule has 45 heavy (non-hydrogen) atoms. The number of amides is 1. The predicted molar refractivity (Wildman–Crippen MR) is 169 cm³/mol. The maximum absolute atomic E-state index is 14.8. The van der Waals surface area contributed by atoms with Gasteiger partial charge in [0, 0.05) is 24.4 Å². The van der Waals surface area contributed by atoms with E-state index in [1.54, 1.807) is 7.05 Å². The Bertz CT molecular complexity index is 1780. The van der Waals surface area contributed by atoms with Gasteiger partial charge >= 0.3 is 12.1 Å². The van der Waals surface area contributed by atoms with Gasteiger partial charge in [0.1, 0.15) is 29.4 Å². The number of carbonyl (C=O) groups excluding carboxylic acids is 2. The lowest BCUT2D eigenvalue weighted by Crippen LogP contribution is -2.32. The number of likely N-dealkylation sites (N-methyl/N-ethyl adjacent to an activating group) is 1. The third kappa shape index (κ3) is 7.17. The Labute approximate surface area is 267 Å². The van der Waals surface area contributed by atoms with Crippen LogP contribution >= 0.6 is 15.9 Å². The number of carbonyl (C=O) groups is 2. The summed E-state index contributed by atoms with van der Waals surface area (Å²) in [6, 6.07) is 19.4. The van der Waals surface area contributed by atoms with Gasteiger partial charge in [0.2, 0.25) is 0 Å². The van der Waals surface area contributed by atoms with Crippen LogP contribution in [0.3, 0.4) is 0 Å². The Kier molecular flexibility index (Phi) is 9.52. The van der Waals surface area contributed by atoms with Crippen molar-refractivity contribution in [2.75, 3.05) is 32.6 Å². The lowest BCUT2D eigenvalue weighted by atomic mass is 10.0. The van der Waals surface area contributed by atoms with Crippen LogP contribution in [0, 0.1) is 12.7 Å². The highest BCUT2D eigenvalue weighted by Gasteiger charge is 2.47. The van der Waals surface area contributed by atoms with Gasteiger partial charge in [-0.3, -0.25) is 9.36 Å². The van der Waals surface area contributed by atoms with Crippen molar-refractivity contribution in [1.29, 1.82) is 0 Å². The average molecular weight is 680 g/mol. The standard InChI is InChI=1S/C33H32BrFN4O6/c1-21-25(35)17-23(31(41)43-3)18-26(21)39-19-28(34)36-29(30(39)40)37-33(13-14-33)24-11-7-8-12-27(24)44-16-15-38(2)32(42)45-20-22-9-5-4-6-10-22/h4-12,17-19H,13-16,20H2,1-3H3,(H,36,37). The third-order valence-corrected chi connectivity index (χ3v) is 7.97. The highest BCUT2D eigenvalue weighted by Crippen LogP contribution is 2.50. The van der Waals surface area contributed by atoms with E-state index in [0.29, 0.717) is 29.7 Å². The summed E-state index contributed by atoms with van der Waals surface area (Å²) in [6.45, 7) is 2.21. The highest BCUT2D eigenvalue weighted by atomic mass is 79.9. The summed E-state index contributed by atoms with van der Waals surface area (Å²) < 4.78 is 32.6. The number of hydrogen-bond donors (Lipinski definition) is 1. The van der Waals surface area contributed by atoms with E-state index < -0.39 is 29.0 Å². The summed E-state index contributed by atoms with van der Waals surface area (Å²) >= 11 is 3.37. The molecule has 0 bridgehead atoms. The number of nitrogens with one attached hydrogen (secondary N) is 1. The van der Waals surface area contributed by atoms with Crippen LogP contribution in [0.5, 0.6) is 5.75 Å². The number of methoxy groups -OCH3 is 1. The summed E-state index contributed by atoms with van der Waals surface area (Å²) in [7, 11) is 2.85. The van der Waals surface area contributed by atoms with Crippen molar-refractivity contribution in [2.45, 2.75) is 31.9 Å². The minimum absolute atomic E-state index is 0.0233. The molecular formula is C33H32BrFN4O6. The molecule has 1 aromatic heterocycles. The normalized spacial score (nSPS) is 13.1. The molecule has 0 unspecified atom stereocenters. The van der Waals surface area contributed by atoms with Crippen molar-refractivity contribution in [1.82, 2.24) is 14.5 Å². The zero-order chi connectivity index (χ0) is 32.1. The molecule has 0 atom stereocenters. The van der Waals surface area contributed by atoms with Crippen LogP contribution in [-0.4, -0.2) is 53.8 Å². The van der Waals surface area contributed by atoms with E-state index in [1.165, 1.54) is 35.8 Å². The van der Waals surface area contributed by atoms with Gasteiger partial charge in [0.05, 0.1) is 30.4 Å². The van der Waals surface area contributed by atoms with E-state index in [2.05, 4.69) is 26.2 Å². The zero-order valence-corrected chi connectivity index (χ0v) is 26.6. The SMILES string of the molecule is COC(=O)c1cc(F)c(C)c(-n2cc(Br)nc(NC3(c4ccccc4OCCN(C)C(=O)OCc4ccccc4)CC3)c2=O)c1. The summed E-state index contributed by atoms with van der Waals surface area (Å²) in [5, 5.41) is 3.31. The van der Waals surface area contributed by atoms with E-state index in [-0.39, 0.29) is 35.8 Å². The first-order valence-electron chi connectivity index (χ1n) is 14.2. The first-order chi connectivity index (χ1) is 21.6. The minimum atomic E-state index is -0.724. The molecule has 0 aliphatic heterocycles. The maximum atomic E-state index is 14.8. The van der Waals surface area contributed by atoms with Crippen LogP contribution in [0.25, 0.3) is 5.69 Å². The molecule has 0 radical (unpaired) electrons. The van der Waals surface area contributed by atoms with Crippen molar-refractivity contribution < 1.29 is 28.2 Å². The smallest absolute Gasteiger partial charge is 0.409 e. The molecule has 4 aromatic rings. The highest BCUT2D eigenvalue weighted by molar-refractivity contribution is 9.10. The molecule has 1 saturated carbocycles. The van der Waals surface area contributed by atoms with Gasteiger partial charge in [-0.15, -0.1) is 0 Å². The molecule has 1 fully saturated rings. The van der Waals surface area contributed by atoms with Gasteiger partial charge in [-0.05, 0) is 59.5 Å². The first-order valence-corrected chi connectivity index (χ1v) is 15.0. The second kappa shape index (κ2) is 13.5. The predicted octanol–water partition coefficient (Wildman–Crippen LogP) is 5.98. The molecule has 5 rings (SSSR count). The topological polar surface area (TPSA) is 112 Å². The molecule has 1 N–H and O–H groups in total. The van der Waals surface area contributed by atoms with Gasteiger partial charge in [0.25, 0.3) is 5.56 Å². The van der Waals surface area contributed by atoms with Crippen LogP contribution in [-0.2, 0) is 21.6 Å². The number of anilines is 1. The number of para-hydroxylation sites is 1. The fraction of sp³-hybridized carbons (Fsp3) is 0.273. The van der Waals surface area contributed by atoms with Crippen LogP contribution in [0.4, 0.5) is 15.0 Å². The molecule has 1 heterocycles. The summed E-state index contributed by atoms with van der Waals surface area (Å²) in [5.41, 5.74) is 0.926. The number of aromatic nitrogens is 2. The fourth-order valence-corrected chi connectivity index (χ4v) is 5.27. The molecule has 0 spiro atoms. The summed E-state index contributed by atoms with van der Waals surface area (Å²) in [4.78, 5) is 44.1. The first kappa shape index (κ1) is 31.7. The monoisotopic (exact) mass is 678 g/mol. The molecule has 1 aliphatic rings. The lowest BCUT2D eigenvalue weighted by molar-refractivity contribution is 0.0600. The number of hydrogen-bond acceptors (Lipinski definition) is 8. The van der Waals surface area contributed by atoms with E-state index in [0.717, 1.165) is 17.2 Å². The number of rotatable bonds is 11. The Balaban J connectivity index is 1.32.